The van der Waals surface area contributed by atoms with Crippen LogP contribution >= 0.6 is 22.9 Å². The van der Waals surface area contributed by atoms with Gasteiger partial charge in [0.05, 0.1) is 14.1 Å². The number of halogens is 1. The minimum Gasteiger partial charge on any atom is -0.349 e. The van der Waals surface area contributed by atoms with Gasteiger partial charge in [-0.05, 0) is 57.0 Å². The SMILES string of the molecule is Cc1c(N2CCCC2=O)cccc1S(=O)(=O)N[C@@H](CNC(=O)c1ccc(Cl)s1)C(=O)N1CCNCC1(C)C. The van der Waals surface area contributed by atoms with E-state index in [1.165, 1.54) is 6.07 Å². The third-order valence-electron chi connectivity index (χ3n) is 6.83. The van der Waals surface area contributed by atoms with Gasteiger partial charge in [0.1, 0.15) is 6.04 Å². The van der Waals surface area contributed by atoms with E-state index in [-0.39, 0.29) is 17.3 Å². The smallest absolute Gasteiger partial charge is 0.261 e. The molecule has 1 aromatic carbocycles. The molecule has 13 heteroatoms. The first-order chi connectivity index (χ1) is 17.9. The molecule has 3 amide bonds. The third kappa shape index (κ3) is 6.04. The average Bonchev–Trinajstić information content (AvgIpc) is 3.49. The Morgan fingerprint density at radius 2 is 1.97 bits per heavy atom. The van der Waals surface area contributed by atoms with E-state index >= 15 is 0 Å². The van der Waals surface area contributed by atoms with Crippen molar-refractivity contribution in [1.82, 2.24) is 20.3 Å². The highest BCUT2D eigenvalue weighted by atomic mass is 35.5. The van der Waals surface area contributed by atoms with Crippen LogP contribution in [-0.2, 0) is 19.6 Å². The van der Waals surface area contributed by atoms with Crippen LogP contribution in [0.2, 0.25) is 4.34 Å². The summed E-state index contributed by atoms with van der Waals surface area (Å²) in [6.07, 6.45) is 1.13. The van der Waals surface area contributed by atoms with Crippen molar-refractivity contribution in [3.63, 3.8) is 0 Å². The average molecular weight is 582 g/mol. The highest BCUT2D eigenvalue weighted by Gasteiger charge is 2.39. The summed E-state index contributed by atoms with van der Waals surface area (Å²) in [7, 11) is -4.21. The van der Waals surface area contributed by atoms with Crippen molar-refractivity contribution in [3.05, 3.63) is 45.1 Å². The summed E-state index contributed by atoms with van der Waals surface area (Å²) in [6, 6.07) is 6.66. The van der Waals surface area contributed by atoms with Crippen LogP contribution in [-0.4, -0.2) is 75.3 Å². The first kappa shape index (κ1) is 28.5. The van der Waals surface area contributed by atoms with Gasteiger partial charge in [-0.3, -0.25) is 14.4 Å². The molecule has 2 aliphatic heterocycles. The normalized spacial score (nSPS) is 18.5. The number of thiophene rings is 1. The quantitative estimate of drug-likeness (QED) is 0.438. The number of nitrogens with zero attached hydrogens (tertiary/aromatic N) is 2. The second-order valence-corrected chi connectivity index (χ2v) is 13.4. The molecule has 2 aliphatic rings. The summed E-state index contributed by atoms with van der Waals surface area (Å²) < 4.78 is 30.3. The summed E-state index contributed by atoms with van der Waals surface area (Å²) in [6.45, 7) is 7.22. The summed E-state index contributed by atoms with van der Waals surface area (Å²) in [4.78, 5) is 42.3. The molecule has 206 valence electrons. The van der Waals surface area contributed by atoms with Gasteiger partial charge in [0.25, 0.3) is 5.91 Å². The molecule has 2 saturated heterocycles. The molecular weight excluding hydrogens is 550 g/mol. The maximum atomic E-state index is 13.7. The number of benzene rings is 1. The molecule has 38 heavy (non-hydrogen) atoms. The van der Waals surface area contributed by atoms with E-state index in [0.717, 1.165) is 11.3 Å². The zero-order valence-corrected chi connectivity index (χ0v) is 23.9. The number of anilines is 1. The lowest BCUT2D eigenvalue weighted by molar-refractivity contribution is -0.139. The molecule has 3 heterocycles. The Kier molecular flexibility index (Phi) is 8.48. The van der Waals surface area contributed by atoms with Gasteiger partial charge in [-0.25, -0.2) is 8.42 Å². The van der Waals surface area contributed by atoms with E-state index in [1.807, 2.05) is 13.8 Å². The van der Waals surface area contributed by atoms with E-state index in [4.69, 9.17) is 11.6 Å². The van der Waals surface area contributed by atoms with E-state index in [9.17, 15) is 22.8 Å². The zero-order chi connectivity index (χ0) is 27.7. The van der Waals surface area contributed by atoms with Crippen LogP contribution in [0.1, 0.15) is 41.9 Å². The number of piperazine rings is 1. The number of amides is 3. The largest absolute Gasteiger partial charge is 0.349 e. The molecule has 2 aromatic rings. The molecule has 1 aromatic heterocycles. The first-order valence-corrected chi connectivity index (χ1v) is 15.1. The zero-order valence-electron chi connectivity index (χ0n) is 21.5. The summed E-state index contributed by atoms with van der Waals surface area (Å²) in [5.74, 6) is -0.946. The fourth-order valence-corrected chi connectivity index (χ4v) is 7.23. The Hall–Kier alpha value is -2.51. The topological polar surface area (TPSA) is 128 Å². The van der Waals surface area contributed by atoms with Crippen LogP contribution < -0.4 is 20.3 Å². The summed E-state index contributed by atoms with van der Waals surface area (Å²) >= 11 is 7.03. The van der Waals surface area contributed by atoms with Crippen LogP contribution in [0.4, 0.5) is 5.69 Å². The lowest BCUT2D eigenvalue weighted by Crippen LogP contribution is -2.64. The molecule has 0 aliphatic carbocycles. The van der Waals surface area contributed by atoms with Crippen molar-refractivity contribution in [2.45, 2.75) is 50.1 Å². The number of hydrogen-bond acceptors (Lipinski definition) is 7. The van der Waals surface area contributed by atoms with Crippen molar-refractivity contribution in [2.75, 3.05) is 37.6 Å². The van der Waals surface area contributed by atoms with Gasteiger partial charge in [-0.15, -0.1) is 11.3 Å². The fraction of sp³-hybridized carbons (Fsp3) is 0.480. The van der Waals surface area contributed by atoms with Crippen molar-refractivity contribution in [2.24, 2.45) is 0 Å². The Labute approximate surface area is 231 Å². The minimum absolute atomic E-state index is 0.0246. The van der Waals surface area contributed by atoms with E-state index in [2.05, 4.69) is 15.4 Å². The van der Waals surface area contributed by atoms with Crippen molar-refractivity contribution < 1.29 is 22.8 Å². The third-order valence-corrected chi connectivity index (χ3v) is 9.68. The predicted molar refractivity (Wildman–Crippen MR) is 147 cm³/mol. The second-order valence-electron chi connectivity index (χ2n) is 10.0. The Morgan fingerprint density at radius 1 is 1.21 bits per heavy atom. The van der Waals surface area contributed by atoms with Gasteiger partial charge in [0.15, 0.2) is 0 Å². The van der Waals surface area contributed by atoms with Crippen LogP contribution in [0, 0.1) is 6.92 Å². The second kappa shape index (κ2) is 11.3. The molecule has 10 nitrogen and oxygen atoms in total. The van der Waals surface area contributed by atoms with Gasteiger partial charge in [0, 0.05) is 50.4 Å². The van der Waals surface area contributed by atoms with E-state index < -0.39 is 33.4 Å². The molecule has 4 rings (SSSR count). The fourth-order valence-electron chi connectivity index (χ4n) is 4.82. The molecule has 0 saturated carbocycles. The summed E-state index contributed by atoms with van der Waals surface area (Å²) in [5, 5.41) is 5.93. The summed E-state index contributed by atoms with van der Waals surface area (Å²) in [5.41, 5.74) is 0.390. The maximum Gasteiger partial charge on any atom is 0.261 e. The molecule has 3 N–H and O–H groups in total. The molecule has 0 spiro atoms. The molecule has 1 atom stereocenters. The van der Waals surface area contributed by atoms with Gasteiger partial charge in [-0.2, -0.15) is 4.72 Å². The predicted octanol–water partition coefficient (Wildman–Crippen LogP) is 2.12. The van der Waals surface area contributed by atoms with Crippen LogP contribution in [0.5, 0.6) is 0 Å². The highest BCUT2D eigenvalue weighted by Crippen LogP contribution is 2.30. The highest BCUT2D eigenvalue weighted by molar-refractivity contribution is 7.89. The number of sulfonamides is 1. The molecule has 0 radical (unpaired) electrons. The van der Waals surface area contributed by atoms with Crippen molar-refractivity contribution in [1.29, 1.82) is 0 Å². The van der Waals surface area contributed by atoms with Crippen molar-refractivity contribution in [3.8, 4) is 0 Å². The number of hydrogen-bond donors (Lipinski definition) is 3. The number of rotatable bonds is 8. The van der Waals surface area contributed by atoms with Crippen LogP contribution in [0.3, 0.4) is 0 Å². The molecule has 0 unspecified atom stereocenters. The molecular formula is C25H32ClN5O5S2. The minimum atomic E-state index is -4.21. The standard InChI is InChI=1S/C25H32ClN5O5S2/c1-16-18(30-12-5-8-22(30)32)6-4-7-20(16)38(35,36)29-17(14-28-23(33)19-9-10-21(26)37-19)24(34)31-13-11-27-15-25(31,2)3/h4,6-7,9-10,17,27,29H,5,8,11-15H2,1-3H3,(H,28,33)/t17-/m0/s1. The lowest BCUT2D eigenvalue weighted by Gasteiger charge is -2.44. The maximum absolute atomic E-state index is 13.7. The Bertz CT molecular complexity index is 1340. The monoisotopic (exact) mass is 581 g/mol. The number of nitrogens with one attached hydrogen (secondary N) is 3. The van der Waals surface area contributed by atoms with E-state index in [1.54, 1.807) is 41.0 Å². The first-order valence-electron chi connectivity index (χ1n) is 12.4. The van der Waals surface area contributed by atoms with Gasteiger partial charge in [0.2, 0.25) is 21.8 Å². The van der Waals surface area contributed by atoms with Gasteiger partial charge in [-0.1, -0.05) is 17.7 Å². The van der Waals surface area contributed by atoms with Crippen molar-refractivity contribution >= 4 is 56.4 Å². The van der Waals surface area contributed by atoms with Crippen LogP contribution in [0.25, 0.3) is 0 Å². The van der Waals surface area contributed by atoms with Gasteiger partial charge >= 0.3 is 0 Å². The molecule has 2 fully saturated rings. The van der Waals surface area contributed by atoms with E-state index in [0.29, 0.717) is 59.5 Å². The Balaban J connectivity index is 1.62. The lowest BCUT2D eigenvalue weighted by atomic mass is 9.99. The number of carbonyl (C=O) groups is 3. The Morgan fingerprint density at radius 3 is 2.61 bits per heavy atom. The molecule has 0 bridgehead atoms. The number of carbonyl (C=O) groups excluding carboxylic acids is 3. The van der Waals surface area contributed by atoms with Crippen LogP contribution in [0.15, 0.2) is 35.2 Å². The van der Waals surface area contributed by atoms with Gasteiger partial charge < -0.3 is 20.4 Å².